The predicted octanol–water partition coefficient (Wildman–Crippen LogP) is 1.98. The van der Waals surface area contributed by atoms with Crippen LogP contribution in [0.4, 0.5) is 0 Å². The van der Waals surface area contributed by atoms with E-state index in [1.165, 1.54) is 18.4 Å². The number of hydrogen-bond acceptors (Lipinski definition) is 4. The third-order valence-corrected chi connectivity index (χ3v) is 4.69. The lowest BCUT2D eigenvalue weighted by Gasteiger charge is -2.29. The van der Waals surface area contributed by atoms with E-state index >= 15 is 0 Å². The van der Waals surface area contributed by atoms with Crippen LogP contribution < -0.4 is 5.32 Å². The van der Waals surface area contributed by atoms with E-state index in [4.69, 9.17) is 0 Å². The van der Waals surface area contributed by atoms with E-state index in [9.17, 15) is 5.11 Å². The fourth-order valence-electron chi connectivity index (χ4n) is 2.74. The normalized spacial score (nSPS) is 25.6. The Morgan fingerprint density at radius 1 is 1.41 bits per heavy atom. The van der Waals surface area contributed by atoms with Crippen molar-refractivity contribution in [1.82, 2.24) is 10.2 Å². The Kier molecular flexibility index (Phi) is 4.44. The number of thiophene rings is 1. The smallest absolute Gasteiger partial charge is 0.143 e. The second kappa shape index (κ2) is 5.67. The maximum absolute atomic E-state index is 10.2. The summed E-state index contributed by atoms with van der Waals surface area (Å²) in [5.74, 6) is 0.755. The largest absolute Gasteiger partial charge is 0.373 e. The van der Waals surface area contributed by atoms with E-state index < -0.39 is 0 Å². The summed E-state index contributed by atoms with van der Waals surface area (Å²) in [5, 5.41) is 15.6. The first-order valence-electron chi connectivity index (χ1n) is 6.03. The molecule has 17 heavy (non-hydrogen) atoms. The molecule has 1 aromatic heterocycles. The van der Waals surface area contributed by atoms with Crippen molar-refractivity contribution in [2.24, 2.45) is 5.92 Å². The molecule has 1 saturated heterocycles. The lowest BCUT2D eigenvalue weighted by molar-refractivity contribution is 0.00225. The second-order valence-electron chi connectivity index (χ2n) is 4.81. The van der Waals surface area contributed by atoms with Crippen LogP contribution in [0.15, 0.2) is 11.4 Å². The molecule has 0 aromatic carbocycles. The highest BCUT2D eigenvalue weighted by molar-refractivity contribution is 7.10. The molecule has 1 aromatic rings. The van der Waals surface area contributed by atoms with Gasteiger partial charge in [0.1, 0.15) is 6.23 Å². The first-order chi connectivity index (χ1) is 7.84. The SMILES string of the molecule is Cl.OC1c2sccc2CN1CC1CCNCC1. The van der Waals surface area contributed by atoms with Gasteiger partial charge in [0.05, 0.1) is 4.88 Å². The van der Waals surface area contributed by atoms with E-state index in [-0.39, 0.29) is 18.6 Å². The van der Waals surface area contributed by atoms with Crippen LogP contribution in [0.25, 0.3) is 0 Å². The fraction of sp³-hybridized carbons (Fsp3) is 0.667. The van der Waals surface area contributed by atoms with Gasteiger partial charge in [0, 0.05) is 13.1 Å². The molecule has 0 bridgehead atoms. The predicted molar refractivity (Wildman–Crippen MR) is 72.5 cm³/mol. The number of fused-ring (bicyclic) bond motifs is 1. The summed E-state index contributed by atoms with van der Waals surface area (Å²) in [6, 6.07) is 2.14. The maximum atomic E-state index is 10.2. The Bertz CT molecular complexity index is 365. The zero-order chi connectivity index (χ0) is 11.0. The van der Waals surface area contributed by atoms with E-state index in [0.29, 0.717) is 0 Å². The summed E-state index contributed by atoms with van der Waals surface area (Å²) in [7, 11) is 0. The van der Waals surface area contributed by atoms with Crippen molar-refractivity contribution in [2.75, 3.05) is 19.6 Å². The third-order valence-electron chi connectivity index (χ3n) is 3.69. The number of hydrogen-bond donors (Lipinski definition) is 2. The minimum atomic E-state index is -0.343. The van der Waals surface area contributed by atoms with Crippen LogP contribution >= 0.6 is 23.7 Å². The van der Waals surface area contributed by atoms with Crippen LogP contribution in [0.5, 0.6) is 0 Å². The first-order valence-corrected chi connectivity index (χ1v) is 6.91. The number of halogens is 1. The molecule has 2 N–H and O–H groups in total. The van der Waals surface area contributed by atoms with E-state index in [2.05, 4.69) is 21.7 Å². The molecule has 0 amide bonds. The Hall–Kier alpha value is -0.130. The molecule has 0 saturated carbocycles. The molecule has 1 atom stereocenters. The van der Waals surface area contributed by atoms with Crippen molar-refractivity contribution in [2.45, 2.75) is 25.6 Å². The van der Waals surface area contributed by atoms with Gasteiger partial charge >= 0.3 is 0 Å². The zero-order valence-electron chi connectivity index (χ0n) is 9.76. The molecule has 5 heteroatoms. The summed E-state index contributed by atoms with van der Waals surface area (Å²) in [5.41, 5.74) is 1.33. The van der Waals surface area contributed by atoms with Crippen LogP contribution in [0.1, 0.15) is 29.5 Å². The fourth-order valence-corrected chi connectivity index (χ4v) is 3.67. The molecule has 0 aliphatic carbocycles. The van der Waals surface area contributed by atoms with E-state index in [1.54, 1.807) is 11.3 Å². The van der Waals surface area contributed by atoms with Crippen molar-refractivity contribution in [3.8, 4) is 0 Å². The molecule has 0 spiro atoms. The summed E-state index contributed by atoms with van der Waals surface area (Å²) in [6.45, 7) is 4.25. The molecule has 3 heterocycles. The molecular weight excluding hydrogens is 256 g/mol. The van der Waals surface area contributed by atoms with Gasteiger partial charge in [-0.2, -0.15) is 0 Å². The van der Waals surface area contributed by atoms with Crippen molar-refractivity contribution in [3.63, 3.8) is 0 Å². The van der Waals surface area contributed by atoms with Gasteiger partial charge in [-0.05, 0) is 48.9 Å². The quantitative estimate of drug-likeness (QED) is 0.866. The number of rotatable bonds is 2. The van der Waals surface area contributed by atoms with Crippen molar-refractivity contribution >= 4 is 23.7 Å². The highest BCUT2D eigenvalue weighted by Gasteiger charge is 2.31. The maximum Gasteiger partial charge on any atom is 0.143 e. The van der Waals surface area contributed by atoms with Crippen molar-refractivity contribution in [1.29, 1.82) is 0 Å². The first kappa shape index (κ1) is 13.3. The summed E-state index contributed by atoms with van der Waals surface area (Å²) >= 11 is 1.68. The average Bonchev–Trinajstić information content (AvgIpc) is 2.86. The Labute approximate surface area is 112 Å². The molecule has 0 radical (unpaired) electrons. The van der Waals surface area contributed by atoms with Gasteiger partial charge in [0.2, 0.25) is 0 Å². The van der Waals surface area contributed by atoms with E-state index in [1.807, 2.05) is 0 Å². The van der Waals surface area contributed by atoms with Crippen LogP contribution in [0.2, 0.25) is 0 Å². The summed E-state index contributed by atoms with van der Waals surface area (Å²) in [6.07, 6.45) is 2.15. The Balaban J connectivity index is 0.00000108. The van der Waals surface area contributed by atoms with Gasteiger partial charge in [0.15, 0.2) is 0 Å². The second-order valence-corrected chi connectivity index (χ2v) is 5.75. The highest BCUT2D eigenvalue weighted by Crippen LogP contribution is 2.36. The minimum absolute atomic E-state index is 0. The lowest BCUT2D eigenvalue weighted by atomic mass is 9.97. The molecule has 1 fully saturated rings. The Morgan fingerprint density at radius 2 is 2.18 bits per heavy atom. The van der Waals surface area contributed by atoms with Gasteiger partial charge in [-0.3, -0.25) is 4.90 Å². The molecule has 3 rings (SSSR count). The van der Waals surface area contributed by atoms with E-state index in [0.717, 1.165) is 37.0 Å². The molecule has 3 nitrogen and oxygen atoms in total. The number of nitrogens with one attached hydrogen (secondary N) is 1. The van der Waals surface area contributed by atoms with Gasteiger partial charge in [-0.15, -0.1) is 23.7 Å². The summed E-state index contributed by atoms with van der Waals surface area (Å²) in [4.78, 5) is 3.38. The molecule has 1 unspecified atom stereocenters. The average molecular weight is 275 g/mol. The van der Waals surface area contributed by atoms with Crippen LogP contribution in [-0.4, -0.2) is 29.6 Å². The van der Waals surface area contributed by atoms with Crippen LogP contribution in [0, 0.1) is 5.92 Å². The highest BCUT2D eigenvalue weighted by atomic mass is 35.5. The van der Waals surface area contributed by atoms with Gasteiger partial charge in [-0.25, -0.2) is 0 Å². The number of nitrogens with zero attached hydrogens (tertiary/aromatic N) is 1. The minimum Gasteiger partial charge on any atom is -0.373 e. The topological polar surface area (TPSA) is 35.5 Å². The van der Waals surface area contributed by atoms with Gasteiger partial charge in [0.25, 0.3) is 0 Å². The molecule has 2 aliphatic rings. The number of aliphatic hydroxyl groups is 1. The number of aliphatic hydroxyl groups excluding tert-OH is 1. The zero-order valence-corrected chi connectivity index (χ0v) is 11.4. The number of piperidine rings is 1. The third kappa shape index (κ3) is 2.66. The molecule has 96 valence electrons. The van der Waals surface area contributed by atoms with Crippen molar-refractivity contribution < 1.29 is 5.11 Å². The van der Waals surface area contributed by atoms with Gasteiger partial charge in [-0.1, -0.05) is 0 Å². The monoisotopic (exact) mass is 274 g/mol. The van der Waals surface area contributed by atoms with Crippen molar-refractivity contribution in [3.05, 3.63) is 21.9 Å². The van der Waals surface area contributed by atoms with Crippen LogP contribution in [-0.2, 0) is 6.54 Å². The van der Waals surface area contributed by atoms with Crippen LogP contribution in [0.3, 0.4) is 0 Å². The lowest BCUT2D eigenvalue weighted by Crippen LogP contribution is -2.35. The molecular formula is C12H19ClN2OS. The molecule has 2 aliphatic heterocycles. The van der Waals surface area contributed by atoms with Gasteiger partial charge < -0.3 is 10.4 Å². The summed E-state index contributed by atoms with van der Waals surface area (Å²) < 4.78 is 0. The standard InChI is InChI=1S/C12H18N2OS.ClH/c15-12-11-10(3-6-16-11)8-14(12)7-9-1-4-13-5-2-9;/h3,6,9,12-13,15H,1-2,4-5,7-8H2;1H. The Morgan fingerprint density at radius 3 is 2.88 bits per heavy atom.